The number of fused-ring (bicyclic) bond motifs is 1. The number of aryl methyl sites for hydroxylation is 1. The number of allylic oxidation sites excluding steroid dienone is 1. The molecular formula is C16H18O4. The van der Waals surface area contributed by atoms with Crippen molar-refractivity contribution in [1.82, 2.24) is 0 Å². The lowest BCUT2D eigenvalue weighted by atomic mass is 9.96. The largest absolute Gasteiger partial charge is 0.465 e. The summed E-state index contributed by atoms with van der Waals surface area (Å²) in [5.41, 5.74) is 4.83. The fourth-order valence-electron chi connectivity index (χ4n) is 2.59. The van der Waals surface area contributed by atoms with Crippen LogP contribution >= 0.6 is 0 Å². The molecule has 20 heavy (non-hydrogen) atoms. The van der Waals surface area contributed by atoms with E-state index in [4.69, 9.17) is 9.47 Å². The average molecular weight is 274 g/mol. The van der Waals surface area contributed by atoms with Gasteiger partial charge in [-0.15, -0.1) is 0 Å². The Morgan fingerprint density at radius 1 is 1.20 bits per heavy atom. The number of hydrogen-bond donors (Lipinski definition) is 0. The maximum atomic E-state index is 12.0. The summed E-state index contributed by atoms with van der Waals surface area (Å²) in [6.07, 6.45) is 0.511. The molecule has 0 atom stereocenters. The molecule has 4 nitrogen and oxygen atoms in total. The number of methoxy groups -OCH3 is 1. The standard InChI is InChI=1S/C16H18O4/c1-5-20-16(18)13-8-12-9(2)6-7-11(15(17)19-4)14(12)10(13)3/h6-7H,5,8H2,1-4H3. The first-order valence-electron chi connectivity index (χ1n) is 6.59. The van der Waals surface area contributed by atoms with Crippen molar-refractivity contribution in [2.45, 2.75) is 27.2 Å². The molecule has 0 fully saturated rings. The molecule has 0 bridgehead atoms. The van der Waals surface area contributed by atoms with Gasteiger partial charge in [-0.25, -0.2) is 9.59 Å². The Kier molecular flexibility index (Phi) is 3.93. The molecule has 1 aromatic rings. The number of esters is 2. The smallest absolute Gasteiger partial charge is 0.338 e. The molecule has 0 heterocycles. The van der Waals surface area contributed by atoms with Gasteiger partial charge in [-0.1, -0.05) is 6.07 Å². The second kappa shape index (κ2) is 5.49. The zero-order valence-corrected chi connectivity index (χ0v) is 12.2. The highest BCUT2D eigenvalue weighted by molar-refractivity contribution is 6.05. The molecule has 0 aromatic heterocycles. The van der Waals surface area contributed by atoms with Gasteiger partial charge in [0, 0.05) is 12.0 Å². The van der Waals surface area contributed by atoms with Crippen LogP contribution in [0.4, 0.5) is 0 Å². The summed E-state index contributed by atoms with van der Waals surface area (Å²) in [5.74, 6) is -0.692. The highest BCUT2D eigenvalue weighted by Crippen LogP contribution is 2.37. The fourth-order valence-corrected chi connectivity index (χ4v) is 2.59. The topological polar surface area (TPSA) is 52.6 Å². The van der Waals surface area contributed by atoms with Crippen LogP contribution in [0.3, 0.4) is 0 Å². The molecule has 4 heteroatoms. The predicted octanol–water partition coefficient (Wildman–Crippen LogP) is 2.67. The van der Waals surface area contributed by atoms with Crippen molar-refractivity contribution in [3.63, 3.8) is 0 Å². The minimum Gasteiger partial charge on any atom is -0.465 e. The molecule has 1 aliphatic rings. The molecule has 0 saturated heterocycles. The molecule has 0 N–H and O–H groups in total. The first kappa shape index (κ1) is 14.3. The molecule has 0 unspecified atom stereocenters. The number of rotatable bonds is 3. The summed E-state index contributed by atoms with van der Waals surface area (Å²) in [4.78, 5) is 23.9. The van der Waals surface area contributed by atoms with Crippen LogP contribution in [-0.2, 0) is 20.7 Å². The van der Waals surface area contributed by atoms with E-state index >= 15 is 0 Å². The van der Waals surface area contributed by atoms with Crippen LogP contribution in [0.1, 0.15) is 40.9 Å². The summed E-state index contributed by atoms with van der Waals surface area (Å²) >= 11 is 0. The third kappa shape index (κ3) is 2.22. The van der Waals surface area contributed by atoms with Crippen LogP contribution < -0.4 is 0 Å². The minimum absolute atomic E-state index is 0.309. The predicted molar refractivity (Wildman–Crippen MR) is 75.4 cm³/mol. The van der Waals surface area contributed by atoms with Gasteiger partial charge < -0.3 is 9.47 Å². The lowest BCUT2D eigenvalue weighted by molar-refractivity contribution is -0.138. The van der Waals surface area contributed by atoms with E-state index in [0.717, 1.165) is 22.3 Å². The summed E-state index contributed by atoms with van der Waals surface area (Å²) in [6.45, 7) is 5.95. The van der Waals surface area contributed by atoms with Crippen LogP contribution in [0.25, 0.3) is 5.57 Å². The molecule has 0 radical (unpaired) electrons. The Morgan fingerprint density at radius 2 is 1.90 bits per heavy atom. The van der Waals surface area contributed by atoms with Gasteiger partial charge in [0.2, 0.25) is 0 Å². The van der Waals surface area contributed by atoms with E-state index in [-0.39, 0.29) is 11.9 Å². The van der Waals surface area contributed by atoms with Gasteiger partial charge in [0.15, 0.2) is 0 Å². The first-order chi connectivity index (χ1) is 9.51. The van der Waals surface area contributed by atoms with Crippen molar-refractivity contribution in [2.75, 3.05) is 13.7 Å². The van der Waals surface area contributed by atoms with E-state index in [2.05, 4.69) is 0 Å². The van der Waals surface area contributed by atoms with Crippen molar-refractivity contribution in [2.24, 2.45) is 0 Å². The van der Waals surface area contributed by atoms with Crippen molar-refractivity contribution in [3.05, 3.63) is 40.0 Å². The quantitative estimate of drug-likeness (QED) is 0.795. The van der Waals surface area contributed by atoms with Gasteiger partial charge in [0.05, 0.1) is 19.3 Å². The number of carbonyl (C=O) groups is 2. The van der Waals surface area contributed by atoms with Gasteiger partial charge in [-0.05, 0) is 49.1 Å². The zero-order chi connectivity index (χ0) is 14.9. The van der Waals surface area contributed by atoms with Gasteiger partial charge >= 0.3 is 11.9 Å². The van der Waals surface area contributed by atoms with Crippen LogP contribution in [0, 0.1) is 6.92 Å². The lowest BCUT2D eigenvalue weighted by Gasteiger charge is -2.10. The Labute approximate surface area is 118 Å². The lowest BCUT2D eigenvalue weighted by Crippen LogP contribution is -2.08. The van der Waals surface area contributed by atoms with Gasteiger partial charge in [-0.3, -0.25) is 0 Å². The minimum atomic E-state index is -0.384. The summed E-state index contributed by atoms with van der Waals surface area (Å²) < 4.78 is 9.90. The van der Waals surface area contributed by atoms with Crippen molar-refractivity contribution in [1.29, 1.82) is 0 Å². The van der Waals surface area contributed by atoms with Crippen molar-refractivity contribution >= 4 is 17.5 Å². The maximum Gasteiger partial charge on any atom is 0.338 e. The molecule has 106 valence electrons. The molecule has 1 aromatic carbocycles. The SMILES string of the molecule is CCOC(=O)C1=C(C)c2c(C(=O)OC)ccc(C)c2C1. The maximum absolute atomic E-state index is 12.0. The van der Waals surface area contributed by atoms with E-state index in [1.807, 2.05) is 19.9 Å². The van der Waals surface area contributed by atoms with Crippen molar-refractivity contribution < 1.29 is 19.1 Å². The zero-order valence-electron chi connectivity index (χ0n) is 12.2. The Bertz CT molecular complexity index is 611. The molecular weight excluding hydrogens is 256 g/mol. The van der Waals surface area contributed by atoms with Gasteiger partial charge in [0.1, 0.15) is 0 Å². The number of ether oxygens (including phenoxy) is 2. The second-order valence-corrected chi connectivity index (χ2v) is 4.78. The average Bonchev–Trinajstić information content (AvgIpc) is 2.78. The number of hydrogen-bond acceptors (Lipinski definition) is 4. The molecule has 2 rings (SSSR count). The van der Waals surface area contributed by atoms with Crippen LogP contribution in [0.2, 0.25) is 0 Å². The Hall–Kier alpha value is -2.10. The monoisotopic (exact) mass is 274 g/mol. The first-order valence-corrected chi connectivity index (χ1v) is 6.59. The number of carbonyl (C=O) groups excluding carboxylic acids is 2. The summed E-state index contributed by atoms with van der Waals surface area (Å²) in [5, 5.41) is 0. The highest BCUT2D eigenvalue weighted by atomic mass is 16.5. The fraction of sp³-hybridized carbons (Fsp3) is 0.375. The van der Waals surface area contributed by atoms with E-state index in [0.29, 0.717) is 24.2 Å². The van der Waals surface area contributed by atoms with E-state index in [9.17, 15) is 9.59 Å². The highest BCUT2D eigenvalue weighted by Gasteiger charge is 2.29. The molecule has 1 aliphatic carbocycles. The Balaban J connectivity index is 2.56. The van der Waals surface area contributed by atoms with E-state index < -0.39 is 0 Å². The van der Waals surface area contributed by atoms with Gasteiger partial charge in [0.25, 0.3) is 0 Å². The molecule has 0 saturated carbocycles. The van der Waals surface area contributed by atoms with Crippen LogP contribution in [0.15, 0.2) is 17.7 Å². The third-order valence-corrected chi connectivity index (χ3v) is 3.66. The summed E-state index contributed by atoms with van der Waals surface area (Å²) in [6, 6.07) is 3.63. The van der Waals surface area contributed by atoms with Crippen molar-refractivity contribution in [3.8, 4) is 0 Å². The second-order valence-electron chi connectivity index (χ2n) is 4.78. The molecule has 0 amide bonds. The number of benzene rings is 1. The third-order valence-electron chi connectivity index (χ3n) is 3.66. The summed E-state index contributed by atoms with van der Waals surface area (Å²) in [7, 11) is 1.36. The van der Waals surface area contributed by atoms with E-state index in [1.165, 1.54) is 7.11 Å². The molecule has 0 spiro atoms. The molecule has 0 aliphatic heterocycles. The van der Waals surface area contributed by atoms with Gasteiger partial charge in [-0.2, -0.15) is 0 Å². The van der Waals surface area contributed by atoms with E-state index in [1.54, 1.807) is 13.0 Å². The normalized spacial score (nSPS) is 13.2. The van der Waals surface area contributed by atoms with Crippen LogP contribution in [0.5, 0.6) is 0 Å². The Morgan fingerprint density at radius 3 is 2.50 bits per heavy atom. The van der Waals surface area contributed by atoms with Crippen LogP contribution in [-0.4, -0.2) is 25.7 Å².